The van der Waals surface area contributed by atoms with Crippen molar-refractivity contribution in [2.24, 2.45) is 0 Å². The lowest BCUT2D eigenvalue weighted by Gasteiger charge is -2.14. The third-order valence-electron chi connectivity index (χ3n) is 2.00. The van der Waals surface area contributed by atoms with Crippen molar-refractivity contribution in [3.05, 3.63) is 29.3 Å². The van der Waals surface area contributed by atoms with E-state index in [-0.39, 0.29) is 0 Å². The zero-order valence-corrected chi connectivity index (χ0v) is 7.78. The predicted octanol–water partition coefficient (Wildman–Crippen LogP) is 2.21. The van der Waals surface area contributed by atoms with Crippen LogP contribution in [0.4, 0.5) is 0 Å². The van der Waals surface area contributed by atoms with E-state index in [2.05, 4.69) is 25.1 Å². The number of hydrogen-bond acceptors (Lipinski definition) is 2. The number of aryl methyl sites for hydroxylation is 1. The predicted molar refractivity (Wildman–Crippen MR) is 50.6 cm³/mol. The maximum absolute atomic E-state index is 11.1. The van der Waals surface area contributed by atoms with Crippen LogP contribution in [-0.2, 0) is 11.2 Å². The van der Waals surface area contributed by atoms with E-state index in [1.807, 2.05) is 0 Å². The van der Waals surface area contributed by atoms with Crippen LogP contribution >= 0.6 is 11.8 Å². The van der Waals surface area contributed by atoms with Crippen molar-refractivity contribution in [3.8, 4) is 0 Å². The maximum atomic E-state index is 11.1. The first-order valence-electron chi connectivity index (χ1n) is 4.00. The second-order valence-electron chi connectivity index (χ2n) is 3.12. The number of fused-ring (bicyclic) bond motifs is 1. The lowest BCUT2D eigenvalue weighted by molar-refractivity contribution is -0.116. The molecule has 2 heteroatoms. The van der Waals surface area contributed by atoms with Gasteiger partial charge in [-0.2, -0.15) is 0 Å². The minimum atomic E-state index is 0.344. The van der Waals surface area contributed by atoms with Crippen molar-refractivity contribution in [1.29, 1.82) is 0 Å². The molecule has 12 heavy (non-hydrogen) atoms. The molecule has 0 radical (unpaired) electrons. The third kappa shape index (κ3) is 1.39. The Balaban J connectivity index is 2.43. The van der Waals surface area contributed by atoms with E-state index in [4.69, 9.17) is 0 Å². The van der Waals surface area contributed by atoms with E-state index >= 15 is 0 Å². The highest BCUT2D eigenvalue weighted by Crippen LogP contribution is 2.28. The first-order chi connectivity index (χ1) is 5.75. The van der Waals surface area contributed by atoms with Crippen molar-refractivity contribution < 1.29 is 4.79 Å². The molecule has 0 amide bonds. The van der Waals surface area contributed by atoms with Gasteiger partial charge in [0, 0.05) is 11.3 Å². The van der Waals surface area contributed by atoms with Gasteiger partial charge in [0.15, 0.2) is 0 Å². The lowest BCUT2D eigenvalue weighted by Crippen LogP contribution is -2.11. The van der Waals surface area contributed by atoms with Crippen LogP contribution in [0.25, 0.3) is 0 Å². The van der Waals surface area contributed by atoms with Crippen LogP contribution in [0.1, 0.15) is 11.1 Å². The van der Waals surface area contributed by atoms with Crippen LogP contribution in [0.5, 0.6) is 0 Å². The molecular formula is C10H10OS. The van der Waals surface area contributed by atoms with Gasteiger partial charge in [0.05, 0.1) is 5.75 Å². The van der Waals surface area contributed by atoms with Crippen molar-refractivity contribution in [2.45, 2.75) is 18.2 Å². The molecule has 0 saturated heterocycles. The zero-order chi connectivity index (χ0) is 8.55. The maximum Gasteiger partial charge on any atom is 0.147 e. The lowest BCUT2D eigenvalue weighted by atomic mass is 10.1. The molecule has 1 aromatic rings. The van der Waals surface area contributed by atoms with Crippen LogP contribution in [-0.4, -0.2) is 11.5 Å². The van der Waals surface area contributed by atoms with Crippen LogP contribution in [0.15, 0.2) is 23.1 Å². The molecule has 0 aromatic heterocycles. The van der Waals surface area contributed by atoms with Crippen molar-refractivity contribution in [3.63, 3.8) is 0 Å². The van der Waals surface area contributed by atoms with Gasteiger partial charge in [-0.25, -0.2) is 0 Å². The van der Waals surface area contributed by atoms with Crippen molar-refractivity contribution >= 4 is 17.5 Å². The quantitative estimate of drug-likeness (QED) is 0.606. The molecule has 1 aliphatic heterocycles. The topological polar surface area (TPSA) is 17.1 Å². The molecular weight excluding hydrogens is 168 g/mol. The van der Waals surface area contributed by atoms with E-state index in [9.17, 15) is 4.79 Å². The summed E-state index contributed by atoms with van der Waals surface area (Å²) < 4.78 is 0. The van der Waals surface area contributed by atoms with Crippen LogP contribution in [0.3, 0.4) is 0 Å². The fourth-order valence-electron chi connectivity index (χ4n) is 1.36. The normalized spacial score (nSPS) is 15.9. The van der Waals surface area contributed by atoms with E-state index in [1.165, 1.54) is 16.0 Å². The molecule has 0 saturated carbocycles. The minimum absolute atomic E-state index is 0.344. The Labute approximate surface area is 76.2 Å². The molecule has 1 nitrogen and oxygen atoms in total. The number of hydrogen-bond donors (Lipinski definition) is 0. The molecule has 1 heterocycles. The molecule has 0 bridgehead atoms. The Morgan fingerprint density at radius 1 is 1.42 bits per heavy atom. The summed E-state index contributed by atoms with van der Waals surface area (Å²) in [5.41, 5.74) is 2.47. The fourth-order valence-corrected chi connectivity index (χ4v) is 2.38. The highest BCUT2D eigenvalue weighted by atomic mass is 32.2. The molecule has 0 fully saturated rings. The number of thioether (sulfide) groups is 1. The van der Waals surface area contributed by atoms with Gasteiger partial charge in [-0.1, -0.05) is 12.1 Å². The fraction of sp³-hybridized carbons (Fsp3) is 0.300. The Morgan fingerprint density at radius 3 is 3.08 bits per heavy atom. The van der Waals surface area contributed by atoms with E-state index in [0.29, 0.717) is 18.0 Å². The molecule has 0 spiro atoms. The van der Waals surface area contributed by atoms with E-state index in [0.717, 1.165) is 0 Å². The van der Waals surface area contributed by atoms with E-state index < -0.39 is 0 Å². The molecule has 62 valence electrons. The van der Waals surface area contributed by atoms with Crippen LogP contribution in [0.2, 0.25) is 0 Å². The summed E-state index contributed by atoms with van der Waals surface area (Å²) in [5.74, 6) is 0.993. The van der Waals surface area contributed by atoms with Crippen molar-refractivity contribution in [1.82, 2.24) is 0 Å². The summed E-state index contributed by atoms with van der Waals surface area (Å²) >= 11 is 1.66. The number of carbonyl (C=O) groups excluding carboxylic acids is 1. The zero-order valence-electron chi connectivity index (χ0n) is 6.96. The summed E-state index contributed by atoms with van der Waals surface area (Å²) in [4.78, 5) is 12.4. The summed E-state index contributed by atoms with van der Waals surface area (Å²) in [5, 5.41) is 0. The monoisotopic (exact) mass is 178 g/mol. The van der Waals surface area contributed by atoms with Crippen molar-refractivity contribution in [2.75, 3.05) is 5.75 Å². The number of carbonyl (C=O) groups is 1. The Morgan fingerprint density at radius 2 is 2.25 bits per heavy atom. The average Bonchev–Trinajstić information content (AvgIpc) is 2.05. The summed E-state index contributed by atoms with van der Waals surface area (Å²) in [6.45, 7) is 2.08. The van der Waals surface area contributed by atoms with Gasteiger partial charge in [-0.3, -0.25) is 4.79 Å². The number of Topliss-reactive ketones (excluding diaryl/α,β-unsaturated/α-hetero) is 1. The Bertz CT molecular complexity index is 331. The Kier molecular flexibility index (Phi) is 1.93. The molecule has 0 N–H and O–H groups in total. The van der Waals surface area contributed by atoms with Gasteiger partial charge in [-0.15, -0.1) is 11.8 Å². The molecule has 0 unspecified atom stereocenters. The standard InChI is InChI=1S/C10H10OS/c1-7-2-3-8-5-9(11)6-12-10(8)4-7/h2-4H,5-6H2,1H3. The summed E-state index contributed by atoms with van der Waals surface area (Å²) in [6, 6.07) is 6.29. The number of rotatable bonds is 0. The second kappa shape index (κ2) is 2.94. The summed E-state index contributed by atoms with van der Waals surface area (Å²) in [6.07, 6.45) is 0.628. The highest BCUT2D eigenvalue weighted by molar-refractivity contribution is 8.00. The van der Waals surface area contributed by atoms with Gasteiger partial charge >= 0.3 is 0 Å². The van der Waals surface area contributed by atoms with Gasteiger partial charge in [0.2, 0.25) is 0 Å². The largest absolute Gasteiger partial charge is 0.298 e. The van der Waals surface area contributed by atoms with Crippen LogP contribution < -0.4 is 0 Å². The SMILES string of the molecule is Cc1ccc2c(c1)SCC(=O)C2. The molecule has 0 aliphatic carbocycles. The third-order valence-corrected chi connectivity index (χ3v) is 3.16. The summed E-state index contributed by atoms with van der Waals surface area (Å²) in [7, 11) is 0. The average molecular weight is 178 g/mol. The smallest absolute Gasteiger partial charge is 0.147 e. The molecule has 1 aromatic carbocycles. The Hall–Kier alpha value is -0.760. The first kappa shape index (κ1) is 7.87. The van der Waals surface area contributed by atoms with Gasteiger partial charge in [-0.05, 0) is 24.1 Å². The molecule has 2 rings (SSSR count). The second-order valence-corrected chi connectivity index (χ2v) is 4.13. The van der Waals surface area contributed by atoms with Gasteiger partial charge in [0.25, 0.3) is 0 Å². The molecule has 0 atom stereocenters. The number of ketones is 1. The van der Waals surface area contributed by atoms with Gasteiger partial charge < -0.3 is 0 Å². The first-order valence-corrected chi connectivity index (χ1v) is 4.98. The minimum Gasteiger partial charge on any atom is -0.298 e. The van der Waals surface area contributed by atoms with Gasteiger partial charge in [0.1, 0.15) is 5.78 Å². The van der Waals surface area contributed by atoms with Crippen LogP contribution in [0, 0.1) is 6.92 Å². The molecule has 1 aliphatic rings. The highest BCUT2D eigenvalue weighted by Gasteiger charge is 2.15. The van der Waals surface area contributed by atoms with E-state index in [1.54, 1.807) is 11.8 Å². The number of benzene rings is 1.